The average Bonchev–Trinajstić information content (AvgIpc) is 2.17. The first-order valence-electron chi connectivity index (χ1n) is 4.73. The van der Waals surface area contributed by atoms with E-state index in [1.165, 1.54) is 24.3 Å². The molecular formula is C14H14Cl2F2Mg2O. The van der Waals surface area contributed by atoms with Crippen molar-refractivity contribution in [3.8, 4) is 0 Å². The smallest absolute Gasteiger partial charge is 1.00 e. The monoisotopic (exact) mass is 354 g/mol. The second kappa shape index (κ2) is 18.2. The van der Waals surface area contributed by atoms with Crippen LogP contribution in [0.2, 0.25) is 0 Å². The molecule has 0 unspecified atom stereocenters. The van der Waals surface area contributed by atoms with Gasteiger partial charge in [-0.1, -0.05) is 12.1 Å². The van der Waals surface area contributed by atoms with Gasteiger partial charge < -0.3 is 30.3 Å². The summed E-state index contributed by atoms with van der Waals surface area (Å²) in [7, 11) is 0. The SMILES string of the molecule is O.[CH2-]c1cccc(F)c1.[CH2-]c1cccc(F)c1.[Cl-].[Cl-].[Mg+2].[Mg+2]. The maximum atomic E-state index is 12.1. The van der Waals surface area contributed by atoms with E-state index in [1.54, 1.807) is 24.3 Å². The van der Waals surface area contributed by atoms with E-state index in [0.717, 1.165) is 0 Å². The van der Waals surface area contributed by atoms with E-state index in [2.05, 4.69) is 13.8 Å². The van der Waals surface area contributed by atoms with Crippen molar-refractivity contribution in [3.05, 3.63) is 85.1 Å². The Hall–Kier alpha value is 0.112. The van der Waals surface area contributed by atoms with Crippen LogP contribution < -0.4 is 24.8 Å². The Morgan fingerprint density at radius 3 is 1.10 bits per heavy atom. The van der Waals surface area contributed by atoms with Gasteiger partial charge in [0, 0.05) is 0 Å². The number of halogens is 4. The Balaban J connectivity index is -0.0000000656. The minimum Gasteiger partial charge on any atom is -1.00 e. The minimum absolute atomic E-state index is 0. The molecule has 108 valence electrons. The van der Waals surface area contributed by atoms with Crippen molar-refractivity contribution >= 4 is 46.1 Å². The third kappa shape index (κ3) is 16.3. The summed E-state index contributed by atoms with van der Waals surface area (Å²) in [5.74, 6) is -0.449. The number of benzene rings is 2. The van der Waals surface area contributed by atoms with Gasteiger partial charge in [-0.15, -0.1) is 24.3 Å². The van der Waals surface area contributed by atoms with Gasteiger partial charge in [0.05, 0.1) is 11.6 Å². The second-order valence-electron chi connectivity index (χ2n) is 3.26. The fourth-order valence-corrected chi connectivity index (χ4v) is 1.07. The zero-order valence-corrected chi connectivity index (χ0v) is 15.8. The fraction of sp³-hybridized carbons (Fsp3) is 0. The van der Waals surface area contributed by atoms with Crippen molar-refractivity contribution in [3.63, 3.8) is 0 Å². The van der Waals surface area contributed by atoms with Gasteiger partial charge in [-0.25, -0.2) is 8.78 Å². The van der Waals surface area contributed by atoms with Crippen molar-refractivity contribution in [2.24, 2.45) is 0 Å². The molecule has 0 aliphatic rings. The molecule has 2 N–H and O–H groups in total. The van der Waals surface area contributed by atoms with Gasteiger partial charge in [-0.3, -0.25) is 0 Å². The van der Waals surface area contributed by atoms with Crippen LogP contribution in [0.4, 0.5) is 8.78 Å². The van der Waals surface area contributed by atoms with Crippen LogP contribution >= 0.6 is 0 Å². The molecule has 0 aliphatic carbocycles. The molecule has 0 heterocycles. The van der Waals surface area contributed by atoms with Gasteiger partial charge in [0.25, 0.3) is 0 Å². The molecule has 0 saturated heterocycles. The Kier molecular flexibility index (Phi) is 28.5. The summed E-state index contributed by atoms with van der Waals surface area (Å²) >= 11 is 0. The van der Waals surface area contributed by atoms with Crippen LogP contribution in [-0.4, -0.2) is 51.6 Å². The minimum atomic E-state index is -0.225. The zero-order chi connectivity index (χ0) is 12.0. The molecule has 7 heteroatoms. The van der Waals surface area contributed by atoms with E-state index in [4.69, 9.17) is 0 Å². The molecule has 0 bridgehead atoms. The standard InChI is InChI=1S/2C7H6F.2ClH.2Mg.H2O/c2*1-6-3-2-4-7(8)5-6;;;;;/h2*2-5H,1H2;2*1H;;;1H2/q2*-1;;;2*+2;/p-2. The van der Waals surface area contributed by atoms with Gasteiger partial charge in [0.2, 0.25) is 0 Å². The van der Waals surface area contributed by atoms with E-state index in [0.29, 0.717) is 11.1 Å². The number of hydrogen-bond donors (Lipinski definition) is 0. The van der Waals surface area contributed by atoms with Crippen LogP contribution in [0.15, 0.2) is 48.5 Å². The fourth-order valence-electron chi connectivity index (χ4n) is 1.07. The van der Waals surface area contributed by atoms with Crippen molar-refractivity contribution in [1.29, 1.82) is 0 Å². The first kappa shape index (κ1) is 32.9. The summed E-state index contributed by atoms with van der Waals surface area (Å²) in [6.45, 7) is 7.08. The van der Waals surface area contributed by atoms with Crippen molar-refractivity contribution in [1.82, 2.24) is 0 Å². The summed E-state index contributed by atoms with van der Waals surface area (Å²) in [4.78, 5) is 0. The molecule has 21 heavy (non-hydrogen) atoms. The first-order valence-corrected chi connectivity index (χ1v) is 4.73. The van der Waals surface area contributed by atoms with Crippen LogP contribution in [0.5, 0.6) is 0 Å². The van der Waals surface area contributed by atoms with Crippen molar-refractivity contribution in [2.45, 2.75) is 0 Å². The van der Waals surface area contributed by atoms with Gasteiger partial charge >= 0.3 is 46.1 Å². The summed E-state index contributed by atoms with van der Waals surface area (Å²) in [6, 6.07) is 12.4. The zero-order valence-electron chi connectivity index (χ0n) is 11.5. The topological polar surface area (TPSA) is 31.5 Å². The third-order valence-electron chi connectivity index (χ3n) is 1.78. The van der Waals surface area contributed by atoms with Crippen molar-refractivity contribution < 1.29 is 39.1 Å². The predicted molar refractivity (Wildman–Crippen MR) is 76.8 cm³/mol. The summed E-state index contributed by atoms with van der Waals surface area (Å²) in [5, 5.41) is 0. The van der Waals surface area contributed by atoms with Crippen LogP contribution in [0.1, 0.15) is 11.1 Å². The van der Waals surface area contributed by atoms with Crippen LogP contribution in [-0.2, 0) is 0 Å². The summed E-state index contributed by atoms with van der Waals surface area (Å²) < 4.78 is 24.3. The maximum Gasteiger partial charge on any atom is 2.00 e. The second-order valence-corrected chi connectivity index (χ2v) is 3.26. The third-order valence-corrected chi connectivity index (χ3v) is 1.78. The molecule has 0 atom stereocenters. The Morgan fingerprint density at radius 2 is 0.952 bits per heavy atom. The molecule has 0 radical (unpaired) electrons. The van der Waals surface area contributed by atoms with E-state index >= 15 is 0 Å². The average molecular weight is 356 g/mol. The summed E-state index contributed by atoms with van der Waals surface area (Å²) in [6.07, 6.45) is 0. The molecule has 1 nitrogen and oxygen atoms in total. The Bertz CT molecular complexity index is 396. The molecule has 2 aromatic rings. The number of hydrogen-bond acceptors (Lipinski definition) is 0. The van der Waals surface area contributed by atoms with Crippen LogP contribution in [0.25, 0.3) is 0 Å². The molecule has 0 fully saturated rings. The van der Waals surface area contributed by atoms with Crippen LogP contribution in [0.3, 0.4) is 0 Å². The molecule has 0 amide bonds. The number of rotatable bonds is 0. The van der Waals surface area contributed by atoms with Gasteiger partial charge in [-0.05, 0) is 0 Å². The molecular weight excluding hydrogens is 342 g/mol. The quantitative estimate of drug-likeness (QED) is 0.346. The van der Waals surface area contributed by atoms with Crippen LogP contribution in [0, 0.1) is 25.5 Å². The molecule has 2 aromatic carbocycles. The normalized spacial score (nSPS) is 6.95. The van der Waals surface area contributed by atoms with Gasteiger partial charge in [0.15, 0.2) is 0 Å². The first-order chi connectivity index (χ1) is 7.58. The van der Waals surface area contributed by atoms with Crippen molar-refractivity contribution in [2.75, 3.05) is 0 Å². The van der Waals surface area contributed by atoms with Gasteiger partial charge in [-0.2, -0.15) is 37.1 Å². The molecule has 2 rings (SSSR count). The Labute approximate surface area is 169 Å². The van der Waals surface area contributed by atoms with E-state index in [-0.39, 0.29) is 88.0 Å². The van der Waals surface area contributed by atoms with E-state index in [9.17, 15) is 8.78 Å². The predicted octanol–water partition coefficient (Wildman–Crippen LogP) is -3.56. The maximum absolute atomic E-state index is 12.1. The largest absolute Gasteiger partial charge is 2.00 e. The molecule has 0 aliphatic heterocycles. The van der Waals surface area contributed by atoms with E-state index < -0.39 is 0 Å². The van der Waals surface area contributed by atoms with E-state index in [1.807, 2.05) is 0 Å². The molecule has 0 aromatic heterocycles. The Morgan fingerprint density at radius 1 is 0.667 bits per heavy atom. The molecule has 0 spiro atoms. The van der Waals surface area contributed by atoms with Gasteiger partial charge in [0.1, 0.15) is 0 Å². The summed E-state index contributed by atoms with van der Waals surface area (Å²) in [5.41, 5.74) is 1.43. The molecule has 0 saturated carbocycles.